The molecule has 0 fully saturated rings. The molecule has 5 nitrogen and oxygen atoms in total. The van der Waals surface area contributed by atoms with Gasteiger partial charge in [-0.3, -0.25) is 0 Å². The highest BCUT2D eigenvalue weighted by Gasteiger charge is 2.40. The molecule has 126 valence electrons. The molecule has 7 heteroatoms. The van der Waals surface area contributed by atoms with Crippen LogP contribution in [0.2, 0.25) is 19.6 Å². The van der Waals surface area contributed by atoms with Crippen LogP contribution in [0.15, 0.2) is 18.2 Å². The lowest BCUT2D eigenvalue weighted by molar-refractivity contribution is 0.310. The SMILES string of the molecule is CCOc1cc([C@H](N)[C@@H]([Si](C)(C)C)S(C)(=O)=O)ccc1OC. The van der Waals surface area contributed by atoms with Crippen LogP contribution in [0.4, 0.5) is 0 Å². The molecule has 0 unspecified atom stereocenters. The molecule has 0 amide bonds. The Labute approximate surface area is 134 Å². The van der Waals surface area contributed by atoms with E-state index in [1.54, 1.807) is 19.2 Å². The molecule has 0 saturated carbocycles. The summed E-state index contributed by atoms with van der Waals surface area (Å²) in [5.41, 5.74) is 7.08. The highest BCUT2D eigenvalue weighted by molar-refractivity contribution is 7.93. The van der Waals surface area contributed by atoms with E-state index < -0.39 is 28.8 Å². The predicted octanol–water partition coefficient (Wildman–Crippen LogP) is 2.38. The minimum absolute atomic E-state index is 0.499. The van der Waals surface area contributed by atoms with Crippen molar-refractivity contribution in [1.82, 2.24) is 0 Å². The fourth-order valence-corrected chi connectivity index (χ4v) is 9.89. The number of ether oxygens (including phenoxy) is 2. The molecule has 0 spiro atoms. The number of rotatable bonds is 7. The molecule has 22 heavy (non-hydrogen) atoms. The third-order valence-electron chi connectivity index (χ3n) is 3.51. The van der Waals surface area contributed by atoms with Crippen LogP contribution in [0, 0.1) is 0 Å². The first kappa shape index (κ1) is 19.0. The van der Waals surface area contributed by atoms with Gasteiger partial charge >= 0.3 is 0 Å². The van der Waals surface area contributed by atoms with Crippen molar-refractivity contribution >= 4 is 17.9 Å². The van der Waals surface area contributed by atoms with Gasteiger partial charge < -0.3 is 15.2 Å². The molecular weight excluding hydrogens is 318 g/mol. The van der Waals surface area contributed by atoms with Crippen LogP contribution in [0.25, 0.3) is 0 Å². The lowest BCUT2D eigenvalue weighted by Crippen LogP contribution is -2.50. The van der Waals surface area contributed by atoms with Gasteiger partial charge in [-0.1, -0.05) is 25.7 Å². The van der Waals surface area contributed by atoms with Crippen molar-refractivity contribution in [3.05, 3.63) is 23.8 Å². The lowest BCUT2D eigenvalue weighted by Gasteiger charge is -2.32. The molecule has 0 aliphatic carbocycles. The number of benzene rings is 1. The quantitative estimate of drug-likeness (QED) is 0.768. The van der Waals surface area contributed by atoms with Gasteiger partial charge in [0.05, 0.1) is 26.7 Å². The van der Waals surface area contributed by atoms with Gasteiger partial charge in [-0.15, -0.1) is 0 Å². The second-order valence-electron chi connectivity index (χ2n) is 6.49. The summed E-state index contributed by atoms with van der Waals surface area (Å²) in [5.74, 6) is 1.20. The van der Waals surface area contributed by atoms with Gasteiger partial charge in [0.15, 0.2) is 11.5 Å². The molecule has 0 radical (unpaired) electrons. The minimum atomic E-state index is -3.25. The topological polar surface area (TPSA) is 78.6 Å². The Kier molecular flexibility index (Phi) is 6.06. The van der Waals surface area contributed by atoms with Crippen molar-refractivity contribution in [2.24, 2.45) is 5.73 Å². The smallest absolute Gasteiger partial charge is 0.161 e. The molecule has 1 aromatic carbocycles. The monoisotopic (exact) mass is 345 g/mol. The number of hydrogen-bond acceptors (Lipinski definition) is 5. The second kappa shape index (κ2) is 7.02. The molecule has 0 aliphatic rings. The van der Waals surface area contributed by atoms with Gasteiger partial charge in [-0.25, -0.2) is 8.42 Å². The number of methoxy groups -OCH3 is 1. The molecule has 0 heterocycles. The highest BCUT2D eigenvalue weighted by atomic mass is 32.2. The van der Waals surface area contributed by atoms with Crippen molar-refractivity contribution in [3.8, 4) is 11.5 Å². The first-order valence-corrected chi connectivity index (χ1v) is 12.8. The van der Waals surface area contributed by atoms with E-state index >= 15 is 0 Å². The van der Waals surface area contributed by atoms with Crippen LogP contribution in [0.5, 0.6) is 11.5 Å². The average molecular weight is 346 g/mol. The summed E-state index contributed by atoms with van der Waals surface area (Å²) in [6.07, 6.45) is 1.27. The zero-order valence-corrected chi connectivity index (χ0v) is 16.0. The van der Waals surface area contributed by atoms with Crippen LogP contribution in [0.3, 0.4) is 0 Å². The van der Waals surface area contributed by atoms with Gasteiger partial charge in [0.25, 0.3) is 0 Å². The molecule has 0 bridgehead atoms. The van der Waals surface area contributed by atoms with Crippen molar-refractivity contribution in [2.45, 2.75) is 37.5 Å². The van der Waals surface area contributed by atoms with E-state index in [0.29, 0.717) is 18.1 Å². The standard InChI is InChI=1S/C15H27NO4SSi/c1-7-20-13-10-11(8-9-12(13)19-2)14(16)15(21(3,17)18)22(4,5)6/h8-10,14-15H,7,16H2,1-6H3/t14-,15+/m0/s1. The maximum Gasteiger partial charge on any atom is 0.161 e. The second-order valence-corrected chi connectivity index (χ2v) is 14.4. The maximum absolute atomic E-state index is 12.2. The Balaban J connectivity index is 3.31. The first-order chi connectivity index (χ1) is 10.0. The summed E-state index contributed by atoms with van der Waals surface area (Å²) >= 11 is 0. The van der Waals surface area contributed by atoms with Crippen LogP contribution in [-0.4, -0.2) is 41.3 Å². The Bertz CT molecular complexity index is 610. The van der Waals surface area contributed by atoms with E-state index in [0.717, 1.165) is 5.56 Å². The lowest BCUT2D eigenvalue weighted by atomic mass is 10.1. The van der Waals surface area contributed by atoms with E-state index in [9.17, 15) is 8.42 Å². The third kappa shape index (κ3) is 4.47. The minimum Gasteiger partial charge on any atom is -0.493 e. The van der Waals surface area contributed by atoms with E-state index in [-0.39, 0.29) is 0 Å². The van der Waals surface area contributed by atoms with Crippen LogP contribution < -0.4 is 15.2 Å². The first-order valence-electron chi connectivity index (χ1n) is 7.27. The van der Waals surface area contributed by atoms with Crippen LogP contribution >= 0.6 is 0 Å². The Morgan fingerprint density at radius 1 is 1.23 bits per heavy atom. The van der Waals surface area contributed by atoms with Crippen molar-refractivity contribution in [3.63, 3.8) is 0 Å². The number of sulfone groups is 1. The molecule has 1 rings (SSSR count). The van der Waals surface area contributed by atoms with E-state index in [1.807, 2.05) is 32.6 Å². The normalized spacial score (nSPS) is 15.2. The van der Waals surface area contributed by atoms with Crippen LogP contribution in [0.1, 0.15) is 18.5 Å². The summed E-state index contributed by atoms with van der Waals surface area (Å²) in [6, 6.07) is 4.78. The summed E-state index contributed by atoms with van der Waals surface area (Å²) in [6.45, 7) is 8.44. The average Bonchev–Trinajstić information content (AvgIpc) is 2.35. The van der Waals surface area contributed by atoms with Crippen molar-refractivity contribution in [1.29, 1.82) is 0 Å². The Morgan fingerprint density at radius 2 is 1.82 bits per heavy atom. The summed E-state index contributed by atoms with van der Waals surface area (Å²) in [4.78, 5) is -0.553. The largest absolute Gasteiger partial charge is 0.493 e. The Morgan fingerprint density at radius 3 is 2.23 bits per heavy atom. The summed E-state index contributed by atoms with van der Waals surface area (Å²) in [5, 5.41) is 0. The van der Waals surface area contributed by atoms with Crippen molar-refractivity contribution < 1.29 is 17.9 Å². The number of nitrogens with two attached hydrogens (primary N) is 1. The molecule has 1 aromatic rings. The zero-order chi connectivity index (χ0) is 17.1. The van der Waals surface area contributed by atoms with E-state index in [1.165, 1.54) is 6.26 Å². The zero-order valence-electron chi connectivity index (χ0n) is 14.2. The fraction of sp³-hybridized carbons (Fsp3) is 0.600. The number of hydrogen-bond donors (Lipinski definition) is 1. The molecule has 0 saturated heterocycles. The van der Waals surface area contributed by atoms with E-state index in [4.69, 9.17) is 15.2 Å². The van der Waals surface area contributed by atoms with E-state index in [2.05, 4.69) is 0 Å². The third-order valence-corrected chi connectivity index (χ3v) is 10.2. The van der Waals surface area contributed by atoms with Gasteiger partial charge in [0, 0.05) is 12.3 Å². The van der Waals surface area contributed by atoms with Gasteiger partial charge in [0.1, 0.15) is 9.84 Å². The van der Waals surface area contributed by atoms with Gasteiger partial charge in [-0.05, 0) is 24.6 Å². The van der Waals surface area contributed by atoms with Gasteiger partial charge in [-0.2, -0.15) is 0 Å². The van der Waals surface area contributed by atoms with Crippen molar-refractivity contribution in [2.75, 3.05) is 20.0 Å². The van der Waals surface area contributed by atoms with Gasteiger partial charge in [0.2, 0.25) is 0 Å². The molecule has 2 N–H and O–H groups in total. The fourth-order valence-electron chi connectivity index (χ4n) is 2.79. The summed E-state index contributed by atoms with van der Waals surface area (Å²) < 4.78 is 35.3. The predicted molar refractivity (Wildman–Crippen MR) is 93.1 cm³/mol. The molecule has 0 aliphatic heterocycles. The molecular formula is C15H27NO4SSi. The molecule has 2 atom stereocenters. The van der Waals surface area contributed by atoms with Crippen LogP contribution in [-0.2, 0) is 9.84 Å². The highest BCUT2D eigenvalue weighted by Crippen LogP contribution is 2.33. The molecule has 0 aromatic heterocycles. The summed E-state index contributed by atoms with van der Waals surface area (Å²) in [7, 11) is -3.69. The Hall–Kier alpha value is -1.05. The maximum atomic E-state index is 12.2.